The summed E-state index contributed by atoms with van der Waals surface area (Å²) in [6.45, 7) is 2.28. The molecule has 0 unspecified atom stereocenters. The Balaban J connectivity index is 2.76. The first-order valence-corrected chi connectivity index (χ1v) is 4.85. The smallest absolute Gasteiger partial charge is 0.344 e. The number of ether oxygens (including phenoxy) is 1. The number of hydrogen-bond donors (Lipinski definition) is 1. The van der Waals surface area contributed by atoms with Crippen molar-refractivity contribution in [2.45, 2.75) is 6.92 Å². The van der Waals surface area contributed by atoms with E-state index in [0.29, 0.717) is 6.61 Å². The minimum Gasteiger partial charge on any atom is -0.477 e. The molecule has 82 valence electrons. The Hall–Kier alpha value is -1.71. The lowest BCUT2D eigenvalue weighted by Gasteiger charge is -2.09. The molecule has 0 aliphatic rings. The molecule has 0 aliphatic carbocycles. The molecule has 1 heterocycles. The number of anilines is 1. The summed E-state index contributed by atoms with van der Waals surface area (Å²) in [7, 11) is 3.96. The predicted molar refractivity (Wildman–Crippen MR) is 59.5 cm³/mol. The van der Waals surface area contributed by atoms with Crippen LogP contribution >= 0.6 is 0 Å². The van der Waals surface area contributed by atoms with Gasteiger partial charge in [0.15, 0.2) is 12.4 Å². The third-order valence-electron chi connectivity index (χ3n) is 1.90. The van der Waals surface area contributed by atoms with Gasteiger partial charge in [0.05, 0.1) is 6.61 Å². The fourth-order valence-electron chi connectivity index (χ4n) is 1.13. The van der Waals surface area contributed by atoms with E-state index in [-0.39, 0.29) is 5.95 Å². The molecule has 4 nitrogen and oxygen atoms in total. The molecule has 0 saturated carbocycles. The lowest BCUT2D eigenvalue weighted by Crippen LogP contribution is -2.26. The van der Waals surface area contributed by atoms with Gasteiger partial charge in [0, 0.05) is 31.9 Å². The normalized spacial score (nSPS) is 11.3. The van der Waals surface area contributed by atoms with Gasteiger partial charge in [0.25, 0.3) is 6.20 Å². The molecule has 1 aromatic heterocycles. The molecule has 4 heteroatoms. The quantitative estimate of drug-likeness (QED) is 0.601. The van der Waals surface area contributed by atoms with E-state index in [2.05, 4.69) is 0 Å². The number of rotatable bonds is 4. The van der Waals surface area contributed by atoms with Crippen LogP contribution in [-0.4, -0.2) is 25.8 Å². The lowest BCUT2D eigenvalue weighted by atomic mass is 10.4. The first-order chi connectivity index (χ1) is 7.13. The molecule has 1 N–H and O–H groups in total. The van der Waals surface area contributed by atoms with Crippen molar-refractivity contribution in [3.8, 4) is 0 Å². The average molecular weight is 209 g/mol. The molecule has 1 rings (SSSR count). The largest absolute Gasteiger partial charge is 0.477 e. The maximum absolute atomic E-state index is 9.29. The monoisotopic (exact) mass is 209 g/mol. The zero-order chi connectivity index (χ0) is 11.3. The molecule has 0 fully saturated rings. The second-order valence-corrected chi connectivity index (χ2v) is 3.30. The Bertz CT molecular complexity index is 331. The number of aliphatic hydroxyl groups is 1. The number of aliphatic hydroxyl groups excluding tert-OH is 1. The maximum atomic E-state index is 9.29. The molecule has 0 amide bonds. The average Bonchev–Trinajstić information content (AvgIpc) is 2.18. The van der Waals surface area contributed by atoms with Crippen molar-refractivity contribution in [3.05, 3.63) is 30.5 Å². The van der Waals surface area contributed by atoms with Crippen LogP contribution in [-0.2, 0) is 4.74 Å². The lowest BCUT2D eigenvalue weighted by molar-refractivity contribution is -0.570. The van der Waals surface area contributed by atoms with Gasteiger partial charge in [-0.05, 0) is 6.92 Å². The SMILES string of the molecule is CCO/C(O)=C/[n+]1ccc(N(C)C)cc1. The minimum absolute atomic E-state index is 0.0832. The highest BCUT2D eigenvalue weighted by molar-refractivity contribution is 5.41. The third kappa shape index (κ3) is 3.50. The molecule has 15 heavy (non-hydrogen) atoms. The molecule has 0 bridgehead atoms. The minimum atomic E-state index is -0.0832. The Labute approximate surface area is 90.0 Å². The predicted octanol–water partition coefficient (Wildman–Crippen LogP) is 1.39. The number of nitrogens with zero attached hydrogens (tertiary/aromatic N) is 2. The van der Waals surface area contributed by atoms with Crippen molar-refractivity contribution in [3.63, 3.8) is 0 Å². The van der Waals surface area contributed by atoms with Crippen molar-refractivity contribution >= 4 is 11.9 Å². The summed E-state index contributed by atoms with van der Waals surface area (Å²) in [6.07, 6.45) is 5.22. The summed E-state index contributed by atoms with van der Waals surface area (Å²) in [5.74, 6) is -0.0832. The van der Waals surface area contributed by atoms with E-state index in [1.807, 2.05) is 50.4 Å². The van der Waals surface area contributed by atoms with Crippen LogP contribution in [0, 0.1) is 0 Å². The van der Waals surface area contributed by atoms with E-state index in [4.69, 9.17) is 4.74 Å². The van der Waals surface area contributed by atoms with Crippen molar-refractivity contribution in [1.82, 2.24) is 0 Å². The number of pyridine rings is 1. The molecule has 0 saturated heterocycles. The van der Waals surface area contributed by atoms with E-state index in [1.54, 1.807) is 4.57 Å². The zero-order valence-electron chi connectivity index (χ0n) is 9.34. The van der Waals surface area contributed by atoms with E-state index >= 15 is 0 Å². The molecule has 0 aromatic carbocycles. The van der Waals surface area contributed by atoms with Crippen LogP contribution in [0.4, 0.5) is 5.69 Å². The van der Waals surface area contributed by atoms with Crippen LogP contribution in [0.1, 0.15) is 6.92 Å². The van der Waals surface area contributed by atoms with Crippen molar-refractivity contribution in [2.75, 3.05) is 25.6 Å². The van der Waals surface area contributed by atoms with Gasteiger partial charge in [-0.2, -0.15) is 4.57 Å². The summed E-state index contributed by atoms with van der Waals surface area (Å²) >= 11 is 0. The van der Waals surface area contributed by atoms with Gasteiger partial charge >= 0.3 is 5.95 Å². The van der Waals surface area contributed by atoms with Gasteiger partial charge in [0.2, 0.25) is 0 Å². The van der Waals surface area contributed by atoms with E-state index in [9.17, 15) is 5.11 Å². The van der Waals surface area contributed by atoms with Crippen molar-refractivity contribution < 1.29 is 14.4 Å². The van der Waals surface area contributed by atoms with Gasteiger partial charge in [-0.1, -0.05) is 0 Å². The fourth-order valence-corrected chi connectivity index (χ4v) is 1.13. The Morgan fingerprint density at radius 3 is 2.53 bits per heavy atom. The first kappa shape index (κ1) is 11.4. The summed E-state index contributed by atoms with van der Waals surface area (Å²) in [4.78, 5) is 2.01. The third-order valence-corrected chi connectivity index (χ3v) is 1.90. The number of aromatic nitrogens is 1. The molecular weight excluding hydrogens is 192 g/mol. The summed E-state index contributed by atoms with van der Waals surface area (Å²) in [5.41, 5.74) is 1.11. The molecular formula is C11H17N2O2+. The standard InChI is InChI=1S/C11H16N2O2/c1-4-15-11(14)9-13-7-5-10(6-8-13)12(2)3/h5-9H,4H2,1-3H3/p+1/b11-9+. The van der Waals surface area contributed by atoms with Crippen LogP contribution < -0.4 is 9.47 Å². The Kier molecular flexibility index (Phi) is 3.97. The van der Waals surface area contributed by atoms with Gasteiger partial charge in [-0.3, -0.25) is 0 Å². The van der Waals surface area contributed by atoms with Crippen molar-refractivity contribution in [1.29, 1.82) is 0 Å². The highest BCUT2D eigenvalue weighted by Crippen LogP contribution is 2.06. The zero-order valence-corrected chi connectivity index (χ0v) is 9.34. The van der Waals surface area contributed by atoms with Crippen LogP contribution in [0.2, 0.25) is 0 Å². The highest BCUT2D eigenvalue weighted by atomic mass is 16.6. The van der Waals surface area contributed by atoms with Crippen LogP contribution in [0.25, 0.3) is 6.20 Å². The van der Waals surface area contributed by atoms with Crippen LogP contribution in [0.5, 0.6) is 0 Å². The highest BCUT2D eigenvalue weighted by Gasteiger charge is 2.02. The Morgan fingerprint density at radius 1 is 1.47 bits per heavy atom. The Morgan fingerprint density at radius 2 is 2.07 bits per heavy atom. The maximum Gasteiger partial charge on any atom is 0.344 e. The van der Waals surface area contributed by atoms with Gasteiger partial charge < -0.3 is 14.7 Å². The van der Waals surface area contributed by atoms with E-state index in [1.165, 1.54) is 6.20 Å². The second-order valence-electron chi connectivity index (χ2n) is 3.30. The van der Waals surface area contributed by atoms with Gasteiger partial charge in [0.1, 0.15) is 0 Å². The summed E-state index contributed by atoms with van der Waals surface area (Å²) < 4.78 is 6.64. The molecule has 0 atom stereocenters. The molecule has 0 radical (unpaired) electrons. The summed E-state index contributed by atoms with van der Waals surface area (Å²) in [5, 5.41) is 9.29. The topological polar surface area (TPSA) is 36.6 Å². The molecule has 0 aliphatic heterocycles. The summed E-state index contributed by atoms with van der Waals surface area (Å²) in [6, 6.07) is 3.91. The molecule has 0 spiro atoms. The second kappa shape index (κ2) is 5.24. The molecule has 1 aromatic rings. The van der Waals surface area contributed by atoms with Gasteiger partial charge in [-0.15, -0.1) is 0 Å². The fraction of sp³-hybridized carbons (Fsp3) is 0.364. The first-order valence-electron chi connectivity index (χ1n) is 4.85. The van der Waals surface area contributed by atoms with Gasteiger partial charge in [-0.25, -0.2) is 0 Å². The van der Waals surface area contributed by atoms with Crippen LogP contribution in [0.3, 0.4) is 0 Å². The van der Waals surface area contributed by atoms with E-state index in [0.717, 1.165) is 5.69 Å². The van der Waals surface area contributed by atoms with Crippen molar-refractivity contribution in [2.24, 2.45) is 0 Å². The number of hydrogen-bond acceptors (Lipinski definition) is 3. The van der Waals surface area contributed by atoms with Crippen LogP contribution in [0.15, 0.2) is 30.5 Å². The van der Waals surface area contributed by atoms with E-state index < -0.39 is 0 Å².